The van der Waals surface area contributed by atoms with Gasteiger partial charge in [0.15, 0.2) is 0 Å². The third kappa shape index (κ3) is 6.72. The molecule has 1 N–H and O–H groups in total. The van der Waals surface area contributed by atoms with Crippen LogP contribution in [0.5, 0.6) is 5.75 Å². The first kappa shape index (κ1) is 26.2. The Hall–Kier alpha value is -2.05. The van der Waals surface area contributed by atoms with Gasteiger partial charge >= 0.3 is 0 Å². The highest BCUT2D eigenvalue weighted by atomic mass is 35.5. The molecule has 13 heteroatoms. The zero-order valence-electron chi connectivity index (χ0n) is 17.6. The smallest absolute Gasteiger partial charge is 0.242 e. The summed E-state index contributed by atoms with van der Waals surface area (Å²) in [7, 11) is -4.46. The second-order valence-electron chi connectivity index (χ2n) is 6.80. The van der Waals surface area contributed by atoms with Gasteiger partial charge in [0, 0.05) is 14.1 Å². The molecular formula is C19H23Cl2N3O6S2. The molecule has 0 aliphatic rings. The van der Waals surface area contributed by atoms with Gasteiger partial charge < -0.3 is 10.1 Å². The van der Waals surface area contributed by atoms with Crippen molar-refractivity contribution in [3.8, 4) is 5.75 Å². The van der Waals surface area contributed by atoms with Crippen LogP contribution in [0.4, 0.5) is 5.69 Å². The number of sulfonamides is 2. The molecule has 9 nitrogen and oxygen atoms in total. The van der Waals surface area contributed by atoms with Crippen LogP contribution >= 0.6 is 23.2 Å². The highest BCUT2D eigenvalue weighted by molar-refractivity contribution is 7.92. The molecule has 0 unspecified atom stereocenters. The van der Waals surface area contributed by atoms with Gasteiger partial charge in [-0.05, 0) is 36.4 Å². The number of carbonyl (C=O) groups is 1. The molecule has 0 aliphatic carbocycles. The van der Waals surface area contributed by atoms with Crippen molar-refractivity contribution in [3.05, 3.63) is 52.5 Å². The number of carbonyl (C=O) groups excluding carboxylic acids is 1. The van der Waals surface area contributed by atoms with Gasteiger partial charge in [-0.15, -0.1) is 0 Å². The minimum atomic E-state index is -3.80. The Labute approximate surface area is 198 Å². The number of nitrogens with one attached hydrogen (secondary N) is 1. The normalized spacial score (nSPS) is 11.9. The molecule has 0 bridgehead atoms. The average Bonchev–Trinajstić information content (AvgIpc) is 2.71. The Bertz CT molecular complexity index is 1170. The molecule has 0 aliphatic heterocycles. The van der Waals surface area contributed by atoms with Crippen LogP contribution in [0.1, 0.15) is 0 Å². The summed E-state index contributed by atoms with van der Waals surface area (Å²) in [6.45, 7) is -0.310. The van der Waals surface area contributed by atoms with Crippen LogP contribution in [0.25, 0.3) is 0 Å². The number of rotatable bonds is 10. The topological polar surface area (TPSA) is 113 Å². The summed E-state index contributed by atoms with van der Waals surface area (Å²) in [6, 6.07) is 10.3. The highest BCUT2D eigenvalue weighted by Gasteiger charge is 2.23. The summed E-state index contributed by atoms with van der Waals surface area (Å²) < 4.78 is 55.9. The van der Waals surface area contributed by atoms with Crippen molar-refractivity contribution >= 4 is 54.8 Å². The first-order valence-corrected chi connectivity index (χ1v) is 13.2. The van der Waals surface area contributed by atoms with Crippen molar-refractivity contribution in [1.29, 1.82) is 0 Å². The number of hydrogen-bond acceptors (Lipinski definition) is 6. The summed E-state index contributed by atoms with van der Waals surface area (Å²) in [5.41, 5.74) is 0.0980. The first-order valence-electron chi connectivity index (χ1n) is 9.18. The van der Waals surface area contributed by atoms with Gasteiger partial charge in [0.05, 0.1) is 33.4 Å². The first-order chi connectivity index (χ1) is 14.8. The average molecular weight is 524 g/mol. The minimum Gasteiger partial charge on any atom is -0.492 e. The van der Waals surface area contributed by atoms with Crippen molar-refractivity contribution in [3.63, 3.8) is 0 Å². The minimum absolute atomic E-state index is 0.0236. The fourth-order valence-corrected chi connectivity index (χ4v) is 4.74. The fraction of sp³-hybridized carbons (Fsp3) is 0.316. The molecule has 2 aromatic carbocycles. The van der Waals surface area contributed by atoms with Crippen molar-refractivity contribution in [2.45, 2.75) is 4.90 Å². The van der Waals surface area contributed by atoms with Gasteiger partial charge in [0.1, 0.15) is 18.9 Å². The van der Waals surface area contributed by atoms with E-state index in [9.17, 15) is 21.6 Å². The van der Waals surface area contributed by atoms with Crippen LogP contribution in [-0.4, -0.2) is 67.1 Å². The predicted molar refractivity (Wildman–Crippen MR) is 124 cm³/mol. The lowest BCUT2D eigenvalue weighted by Gasteiger charge is -2.23. The van der Waals surface area contributed by atoms with Gasteiger partial charge in [-0.1, -0.05) is 29.3 Å². The molecular weight excluding hydrogens is 501 g/mol. The maximum Gasteiger partial charge on any atom is 0.242 e. The summed E-state index contributed by atoms with van der Waals surface area (Å²) in [5, 5.41) is 2.75. The predicted octanol–water partition coefficient (Wildman–Crippen LogP) is 2.20. The third-order valence-electron chi connectivity index (χ3n) is 4.18. The van der Waals surface area contributed by atoms with E-state index in [1.165, 1.54) is 56.6 Å². The number of ether oxygens (including phenoxy) is 1. The molecule has 0 atom stereocenters. The molecule has 0 spiro atoms. The van der Waals surface area contributed by atoms with E-state index in [1.54, 1.807) is 0 Å². The number of nitrogens with zero attached hydrogens (tertiary/aromatic N) is 2. The van der Waals surface area contributed by atoms with Gasteiger partial charge in [-0.2, -0.15) is 0 Å². The van der Waals surface area contributed by atoms with Crippen molar-refractivity contribution in [2.24, 2.45) is 0 Å². The Morgan fingerprint density at radius 1 is 1.03 bits per heavy atom. The second kappa shape index (κ2) is 10.7. The molecule has 176 valence electrons. The van der Waals surface area contributed by atoms with Crippen molar-refractivity contribution in [1.82, 2.24) is 9.62 Å². The molecule has 0 radical (unpaired) electrons. The molecule has 32 heavy (non-hydrogen) atoms. The third-order valence-corrected chi connectivity index (χ3v) is 7.95. The molecule has 0 heterocycles. The molecule has 2 aromatic rings. The fourth-order valence-electron chi connectivity index (χ4n) is 2.53. The van der Waals surface area contributed by atoms with Crippen molar-refractivity contribution < 1.29 is 26.4 Å². The van der Waals surface area contributed by atoms with E-state index in [1.807, 2.05) is 0 Å². The second-order valence-corrected chi connectivity index (χ2v) is 11.6. The summed E-state index contributed by atoms with van der Waals surface area (Å²) in [5.74, 6) is -0.150. The van der Waals surface area contributed by atoms with Crippen LogP contribution in [-0.2, 0) is 24.8 Å². The largest absolute Gasteiger partial charge is 0.492 e. The lowest BCUT2D eigenvalue weighted by Crippen LogP contribution is -2.41. The highest BCUT2D eigenvalue weighted by Crippen LogP contribution is 2.33. The quantitative estimate of drug-likeness (QED) is 0.477. The van der Waals surface area contributed by atoms with Gasteiger partial charge in [0.2, 0.25) is 26.0 Å². The van der Waals surface area contributed by atoms with Gasteiger partial charge in [-0.25, -0.2) is 21.1 Å². The van der Waals surface area contributed by atoms with E-state index < -0.39 is 32.5 Å². The van der Waals surface area contributed by atoms with Crippen LogP contribution in [0.3, 0.4) is 0 Å². The van der Waals surface area contributed by atoms with Crippen LogP contribution in [0.15, 0.2) is 47.4 Å². The standard InChI is InChI=1S/C19H23Cl2N3O6S2/c1-23(2)32(28,29)15-9-7-14(8-10-15)30-12-11-22-18(25)13-24(31(3,26)27)17-6-4-5-16(20)19(17)21/h4-10H,11-13H2,1-3H3,(H,22,25). The summed E-state index contributed by atoms with van der Waals surface area (Å²) in [6.07, 6.45) is 0.959. The molecule has 0 saturated carbocycles. The number of amides is 1. The van der Waals surface area contributed by atoms with E-state index in [-0.39, 0.29) is 33.8 Å². The van der Waals surface area contributed by atoms with E-state index in [0.717, 1.165) is 14.9 Å². The number of anilines is 1. The van der Waals surface area contributed by atoms with E-state index in [2.05, 4.69) is 5.32 Å². The molecule has 0 aromatic heterocycles. The maximum absolute atomic E-state index is 12.3. The van der Waals surface area contributed by atoms with Crippen molar-refractivity contribution in [2.75, 3.05) is 44.4 Å². The summed E-state index contributed by atoms with van der Waals surface area (Å²) >= 11 is 12.0. The number of hydrogen-bond donors (Lipinski definition) is 1. The van der Waals surface area contributed by atoms with E-state index >= 15 is 0 Å². The number of halogens is 2. The number of benzene rings is 2. The Morgan fingerprint density at radius 3 is 2.22 bits per heavy atom. The summed E-state index contributed by atoms with van der Waals surface area (Å²) in [4.78, 5) is 12.4. The van der Waals surface area contributed by atoms with Crippen LogP contribution in [0.2, 0.25) is 10.0 Å². The molecule has 1 amide bonds. The van der Waals surface area contributed by atoms with Gasteiger partial charge in [0.25, 0.3) is 0 Å². The van der Waals surface area contributed by atoms with E-state index in [4.69, 9.17) is 27.9 Å². The maximum atomic E-state index is 12.3. The van der Waals surface area contributed by atoms with E-state index in [0.29, 0.717) is 5.75 Å². The van der Waals surface area contributed by atoms with Crippen LogP contribution in [0, 0.1) is 0 Å². The SMILES string of the molecule is CN(C)S(=O)(=O)c1ccc(OCCNC(=O)CN(c2cccc(Cl)c2Cl)S(C)(=O)=O)cc1. The van der Waals surface area contributed by atoms with Gasteiger partial charge in [-0.3, -0.25) is 9.10 Å². The molecule has 2 rings (SSSR count). The molecule has 0 saturated heterocycles. The van der Waals surface area contributed by atoms with Crippen LogP contribution < -0.4 is 14.4 Å². The zero-order chi connectivity index (χ0) is 24.1. The zero-order valence-corrected chi connectivity index (χ0v) is 20.7. The Balaban J connectivity index is 1.93. The Kier molecular flexibility index (Phi) is 8.77. The lowest BCUT2D eigenvalue weighted by atomic mass is 10.3. The molecule has 0 fully saturated rings. The monoisotopic (exact) mass is 523 g/mol. The lowest BCUT2D eigenvalue weighted by molar-refractivity contribution is -0.119. The Morgan fingerprint density at radius 2 is 1.66 bits per heavy atom.